The van der Waals surface area contributed by atoms with Crippen molar-refractivity contribution < 1.29 is 5.11 Å². The summed E-state index contributed by atoms with van der Waals surface area (Å²) in [6, 6.07) is 17.3. The van der Waals surface area contributed by atoms with Crippen LogP contribution in [0.5, 0.6) is 5.75 Å². The van der Waals surface area contributed by atoms with Gasteiger partial charge in [-0.2, -0.15) is 0 Å². The molecule has 2 aromatic carbocycles. The molecule has 0 amide bonds. The van der Waals surface area contributed by atoms with Crippen LogP contribution in [0.3, 0.4) is 0 Å². The summed E-state index contributed by atoms with van der Waals surface area (Å²) in [6.07, 6.45) is 4.88. The minimum absolute atomic E-state index is 0. The third-order valence-electron chi connectivity index (χ3n) is 5.35. The molecule has 0 aromatic heterocycles. The van der Waals surface area contributed by atoms with Crippen molar-refractivity contribution in [3.63, 3.8) is 0 Å². The Labute approximate surface area is 148 Å². The molecule has 3 heteroatoms. The zero-order valence-corrected chi connectivity index (χ0v) is 15.0. The molecule has 2 unspecified atom stereocenters. The summed E-state index contributed by atoms with van der Waals surface area (Å²) in [4.78, 5) is 2.66. The van der Waals surface area contributed by atoms with E-state index in [4.69, 9.17) is 0 Å². The molecule has 4 rings (SSSR count). The summed E-state index contributed by atoms with van der Waals surface area (Å²) in [5, 5.41) is 9.79. The minimum Gasteiger partial charge on any atom is -0.508 e. The fourth-order valence-corrected chi connectivity index (χ4v) is 4.24. The number of nitrogens with zero attached hydrogens (tertiary/aromatic N) is 1. The van der Waals surface area contributed by atoms with Crippen LogP contribution in [0.2, 0.25) is 0 Å². The lowest BCUT2D eigenvalue weighted by Crippen LogP contribution is -2.30. The second-order valence-electron chi connectivity index (χ2n) is 6.68. The quantitative estimate of drug-likeness (QED) is 0.831. The lowest BCUT2D eigenvalue weighted by molar-refractivity contribution is 0.209. The molecule has 1 heterocycles. The lowest BCUT2D eigenvalue weighted by Gasteiger charge is -2.29. The highest BCUT2D eigenvalue weighted by Gasteiger charge is 2.36. The topological polar surface area (TPSA) is 23.5 Å². The fraction of sp³-hybridized carbons (Fsp3) is 0.400. The number of benzene rings is 2. The van der Waals surface area contributed by atoms with Gasteiger partial charge in [0.1, 0.15) is 5.75 Å². The van der Waals surface area contributed by atoms with Crippen LogP contribution in [0.15, 0.2) is 48.5 Å². The van der Waals surface area contributed by atoms with Crippen LogP contribution in [0.1, 0.15) is 47.9 Å². The van der Waals surface area contributed by atoms with E-state index in [1.54, 1.807) is 0 Å². The molecule has 1 aliphatic carbocycles. The van der Waals surface area contributed by atoms with Crippen molar-refractivity contribution in [2.24, 2.45) is 0 Å². The van der Waals surface area contributed by atoms with Crippen molar-refractivity contribution in [1.29, 1.82) is 0 Å². The van der Waals surface area contributed by atoms with Crippen LogP contribution < -0.4 is 0 Å². The summed E-state index contributed by atoms with van der Waals surface area (Å²) in [5.41, 5.74) is 4.28. The Morgan fingerprint density at radius 2 is 1.87 bits per heavy atom. The van der Waals surface area contributed by atoms with Crippen molar-refractivity contribution in [3.8, 4) is 5.75 Å². The maximum atomic E-state index is 9.79. The summed E-state index contributed by atoms with van der Waals surface area (Å²) >= 11 is 0. The van der Waals surface area contributed by atoms with Gasteiger partial charge >= 0.3 is 0 Å². The summed E-state index contributed by atoms with van der Waals surface area (Å²) < 4.78 is 0. The molecule has 0 saturated carbocycles. The van der Waals surface area contributed by atoms with Gasteiger partial charge in [0.15, 0.2) is 0 Å². The first-order valence-corrected chi connectivity index (χ1v) is 8.42. The standard InChI is InChI=1S/C20H23NO.BrH/c22-17-8-9-18-19(14-17)16-7-4-11-21(20(18)13-16)12-10-15-5-2-1-3-6-15;/h1-3,5-6,8-9,14,16,20,22H,4,7,10-13H2;1H. The van der Waals surface area contributed by atoms with Gasteiger partial charge in [-0.3, -0.25) is 4.90 Å². The highest BCUT2D eigenvalue weighted by atomic mass is 79.9. The molecule has 2 nitrogen and oxygen atoms in total. The zero-order chi connectivity index (χ0) is 14.9. The molecule has 2 bridgehead atoms. The average Bonchev–Trinajstić information content (AvgIpc) is 2.75. The molecule has 1 fully saturated rings. The largest absolute Gasteiger partial charge is 0.508 e. The Hall–Kier alpha value is -1.32. The van der Waals surface area contributed by atoms with E-state index < -0.39 is 0 Å². The molecule has 1 N–H and O–H groups in total. The normalized spacial score (nSPS) is 23.0. The molecular formula is C20H24BrNO. The molecule has 2 aromatic rings. The molecular weight excluding hydrogens is 350 g/mol. The van der Waals surface area contributed by atoms with Crippen LogP contribution in [-0.2, 0) is 6.42 Å². The Kier molecular flexibility index (Phi) is 5.08. The van der Waals surface area contributed by atoms with E-state index in [-0.39, 0.29) is 17.0 Å². The molecule has 2 aliphatic rings. The van der Waals surface area contributed by atoms with Gasteiger partial charge in [-0.05, 0) is 67.0 Å². The summed E-state index contributed by atoms with van der Waals surface area (Å²) in [6.45, 7) is 2.33. The van der Waals surface area contributed by atoms with E-state index in [1.807, 2.05) is 12.1 Å². The zero-order valence-electron chi connectivity index (χ0n) is 13.3. The van der Waals surface area contributed by atoms with Gasteiger partial charge < -0.3 is 5.11 Å². The first kappa shape index (κ1) is 16.5. The average molecular weight is 374 g/mol. The number of halogens is 1. The minimum atomic E-state index is 0. The maximum Gasteiger partial charge on any atom is 0.115 e. The number of hydrogen-bond donors (Lipinski definition) is 1. The van der Waals surface area contributed by atoms with Crippen LogP contribution in [0, 0.1) is 0 Å². The number of likely N-dealkylation sites (tertiary alicyclic amines) is 1. The number of aromatic hydroxyl groups is 1. The van der Waals surface area contributed by atoms with Crippen molar-refractivity contribution >= 4 is 17.0 Å². The first-order valence-electron chi connectivity index (χ1n) is 8.42. The number of fused-ring (bicyclic) bond motifs is 5. The predicted molar refractivity (Wildman–Crippen MR) is 99.5 cm³/mol. The van der Waals surface area contributed by atoms with Crippen LogP contribution in [-0.4, -0.2) is 23.1 Å². The number of phenols is 1. The molecule has 122 valence electrons. The van der Waals surface area contributed by atoms with Crippen LogP contribution in [0.25, 0.3) is 0 Å². The van der Waals surface area contributed by atoms with E-state index in [0.29, 0.717) is 17.7 Å². The SMILES string of the molecule is Br.Oc1ccc2c(c1)C1CCCN(CCc3ccccc3)C2C1. The molecule has 23 heavy (non-hydrogen) atoms. The van der Waals surface area contributed by atoms with E-state index in [9.17, 15) is 5.11 Å². The third-order valence-corrected chi connectivity index (χ3v) is 5.35. The maximum absolute atomic E-state index is 9.79. The molecule has 0 spiro atoms. The van der Waals surface area contributed by atoms with Gasteiger partial charge in [-0.15, -0.1) is 17.0 Å². The molecule has 0 radical (unpaired) electrons. The Bertz CT molecular complexity index is 658. The highest BCUT2D eigenvalue weighted by molar-refractivity contribution is 8.93. The van der Waals surface area contributed by atoms with E-state index in [2.05, 4.69) is 41.3 Å². The lowest BCUT2D eigenvalue weighted by atomic mass is 9.96. The second-order valence-corrected chi connectivity index (χ2v) is 6.68. The summed E-state index contributed by atoms with van der Waals surface area (Å²) in [7, 11) is 0. The number of phenolic OH excluding ortho intramolecular Hbond substituents is 1. The van der Waals surface area contributed by atoms with Gasteiger partial charge in [0.05, 0.1) is 0 Å². The van der Waals surface area contributed by atoms with Crippen molar-refractivity contribution in [3.05, 3.63) is 65.2 Å². The van der Waals surface area contributed by atoms with Crippen molar-refractivity contribution in [2.75, 3.05) is 13.1 Å². The Morgan fingerprint density at radius 1 is 1.04 bits per heavy atom. The van der Waals surface area contributed by atoms with E-state index in [0.717, 1.165) is 13.0 Å². The van der Waals surface area contributed by atoms with Gasteiger partial charge in [0.25, 0.3) is 0 Å². The second kappa shape index (κ2) is 7.06. The monoisotopic (exact) mass is 373 g/mol. The Balaban J connectivity index is 0.00000156. The first-order chi connectivity index (χ1) is 10.8. The van der Waals surface area contributed by atoms with Crippen molar-refractivity contribution in [2.45, 2.75) is 37.6 Å². The van der Waals surface area contributed by atoms with Gasteiger partial charge in [0.2, 0.25) is 0 Å². The molecule has 2 atom stereocenters. The smallest absolute Gasteiger partial charge is 0.115 e. The summed E-state index contributed by atoms with van der Waals surface area (Å²) in [5.74, 6) is 1.06. The van der Waals surface area contributed by atoms with Crippen LogP contribution in [0.4, 0.5) is 0 Å². The van der Waals surface area contributed by atoms with Gasteiger partial charge in [0, 0.05) is 12.6 Å². The number of rotatable bonds is 3. The highest BCUT2D eigenvalue weighted by Crippen LogP contribution is 2.48. The van der Waals surface area contributed by atoms with Crippen LogP contribution >= 0.6 is 17.0 Å². The van der Waals surface area contributed by atoms with E-state index in [1.165, 1.54) is 42.5 Å². The third kappa shape index (κ3) is 3.31. The molecule has 1 aliphatic heterocycles. The molecule has 1 saturated heterocycles. The fourth-order valence-electron chi connectivity index (χ4n) is 4.24. The Morgan fingerprint density at radius 3 is 2.70 bits per heavy atom. The number of hydrogen-bond acceptors (Lipinski definition) is 2. The predicted octanol–water partition coefficient (Wildman–Crippen LogP) is 4.84. The van der Waals surface area contributed by atoms with Gasteiger partial charge in [-0.25, -0.2) is 0 Å². The van der Waals surface area contributed by atoms with Crippen molar-refractivity contribution in [1.82, 2.24) is 4.90 Å². The van der Waals surface area contributed by atoms with E-state index >= 15 is 0 Å². The van der Waals surface area contributed by atoms with Gasteiger partial charge in [-0.1, -0.05) is 36.4 Å².